The van der Waals surface area contributed by atoms with E-state index in [0.29, 0.717) is 24.7 Å². The van der Waals surface area contributed by atoms with E-state index in [1.165, 1.54) is 16.9 Å². The number of thiazole rings is 1. The maximum Gasteiger partial charge on any atom is 0.270 e. The minimum absolute atomic E-state index is 0.0703. The lowest BCUT2D eigenvalue weighted by Crippen LogP contribution is -2.42. The Morgan fingerprint density at radius 3 is 2.63 bits per heavy atom. The fraction of sp³-hybridized carbons (Fsp3) is 0.393. The minimum Gasteiger partial charge on any atom is -0.486 e. The number of amides is 2. The Labute approximate surface area is 211 Å². The molecule has 0 radical (unpaired) electrons. The number of nitrogens with zero attached hydrogens (tertiary/aromatic N) is 2. The van der Waals surface area contributed by atoms with Gasteiger partial charge in [-0.25, -0.2) is 4.98 Å². The van der Waals surface area contributed by atoms with Crippen molar-refractivity contribution in [1.82, 2.24) is 15.2 Å². The number of hydrogen-bond acceptors (Lipinski definition) is 5. The largest absolute Gasteiger partial charge is 0.486 e. The number of carbonyl (C=O) groups is 2. The lowest BCUT2D eigenvalue weighted by atomic mass is 9.87. The average Bonchev–Trinajstić information content (AvgIpc) is 3.34. The maximum absolute atomic E-state index is 13.1. The van der Waals surface area contributed by atoms with Crippen LogP contribution in [0.25, 0.3) is 0 Å². The minimum atomic E-state index is -0.157. The Morgan fingerprint density at radius 1 is 1.14 bits per heavy atom. The van der Waals surface area contributed by atoms with Crippen molar-refractivity contribution in [2.45, 2.75) is 46.8 Å². The summed E-state index contributed by atoms with van der Waals surface area (Å²) in [6, 6.07) is 16.2. The number of rotatable bonds is 8. The molecule has 0 unspecified atom stereocenters. The first-order valence-electron chi connectivity index (χ1n) is 12.2. The van der Waals surface area contributed by atoms with E-state index >= 15 is 0 Å². The lowest BCUT2D eigenvalue weighted by Gasteiger charge is -2.39. The highest BCUT2D eigenvalue weighted by Gasteiger charge is 2.33. The molecular formula is C28H33N3O3S. The van der Waals surface area contributed by atoms with E-state index in [0.717, 1.165) is 28.3 Å². The molecule has 1 aromatic heterocycles. The Morgan fingerprint density at radius 2 is 1.91 bits per heavy atom. The summed E-state index contributed by atoms with van der Waals surface area (Å²) in [6.07, 6.45) is 0.818. The highest BCUT2D eigenvalue weighted by atomic mass is 32.1. The molecule has 7 heteroatoms. The van der Waals surface area contributed by atoms with Crippen molar-refractivity contribution in [3.05, 3.63) is 81.3 Å². The third-order valence-electron chi connectivity index (χ3n) is 6.06. The fourth-order valence-electron chi connectivity index (χ4n) is 4.26. The van der Waals surface area contributed by atoms with Crippen LogP contribution in [0.4, 0.5) is 0 Å². The molecule has 1 atom stereocenters. The average molecular weight is 492 g/mol. The molecule has 0 fully saturated rings. The summed E-state index contributed by atoms with van der Waals surface area (Å²) in [6.45, 7) is 9.61. The molecule has 1 N–H and O–H groups in total. The van der Waals surface area contributed by atoms with Gasteiger partial charge < -0.3 is 15.0 Å². The van der Waals surface area contributed by atoms with Crippen molar-refractivity contribution in [3.8, 4) is 5.75 Å². The zero-order valence-electron chi connectivity index (χ0n) is 20.8. The zero-order chi connectivity index (χ0) is 24.9. The van der Waals surface area contributed by atoms with Crippen molar-refractivity contribution in [2.24, 2.45) is 11.8 Å². The predicted molar refractivity (Wildman–Crippen MR) is 139 cm³/mol. The van der Waals surface area contributed by atoms with Crippen molar-refractivity contribution in [1.29, 1.82) is 0 Å². The summed E-state index contributed by atoms with van der Waals surface area (Å²) in [4.78, 5) is 31.8. The van der Waals surface area contributed by atoms with Crippen molar-refractivity contribution >= 4 is 23.2 Å². The lowest BCUT2D eigenvalue weighted by molar-refractivity contribution is -0.136. The molecule has 35 heavy (non-hydrogen) atoms. The monoisotopic (exact) mass is 491 g/mol. The molecule has 4 rings (SSSR count). The Kier molecular flexibility index (Phi) is 7.86. The molecule has 2 heterocycles. The number of aromatic nitrogens is 1. The zero-order valence-corrected chi connectivity index (χ0v) is 21.6. The maximum atomic E-state index is 13.1. The molecular weight excluding hydrogens is 458 g/mol. The van der Waals surface area contributed by atoms with Crippen LogP contribution in [-0.2, 0) is 17.8 Å². The fourth-order valence-corrected chi connectivity index (χ4v) is 4.95. The number of fused-ring (bicyclic) bond motifs is 1. The molecule has 2 amide bonds. The van der Waals surface area contributed by atoms with Gasteiger partial charge in [0.25, 0.3) is 5.91 Å². The number of carbonyl (C=O) groups excluding carboxylic acids is 2. The summed E-state index contributed by atoms with van der Waals surface area (Å²) in [7, 11) is 0. The normalized spacial score (nSPS) is 15.3. The van der Waals surface area contributed by atoms with Crippen LogP contribution in [0.5, 0.6) is 5.75 Å². The van der Waals surface area contributed by atoms with E-state index in [-0.39, 0.29) is 30.4 Å². The van der Waals surface area contributed by atoms with Crippen LogP contribution in [0.1, 0.15) is 65.9 Å². The van der Waals surface area contributed by atoms with Gasteiger partial charge in [0.05, 0.1) is 6.04 Å². The van der Waals surface area contributed by atoms with Crippen molar-refractivity contribution in [2.75, 3.05) is 13.1 Å². The summed E-state index contributed by atoms with van der Waals surface area (Å²) in [5, 5.41) is 5.40. The number of hydrogen-bond donors (Lipinski definition) is 1. The molecule has 1 aliphatic heterocycles. The summed E-state index contributed by atoms with van der Waals surface area (Å²) in [5.74, 6) is 1.04. The van der Waals surface area contributed by atoms with Gasteiger partial charge in [-0.3, -0.25) is 9.59 Å². The molecule has 1 aliphatic rings. The van der Waals surface area contributed by atoms with Gasteiger partial charge in [-0.1, -0.05) is 64.1 Å². The van der Waals surface area contributed by atoms with Crippen LogP contribution in [0.2, 0.25) is 0 Å². The first kappa shape index (κ1) is 24.9. The summed E-state index contributed by atoms with van der Waals surface area (Å²) in [5.41, 5.74) is 3.85. The number of ether oxygens (including phenoxy) is 1. The smallest absolute Gasteiger partial charge is 0.270 e. The Hall–Kier alpha value is -3.19. The van der Waals surface area contributed by atoms with E-state index in [4.69, 9.17) is 4.74 Å². The van der Waals surface area contributed by atoms with Crippen LogP contribution < -0.4 is 10.1 Å². The molecule has 0 saturated carbocycles. The highest BCUT2D eigenvalue weighted by molar-refractivity contribution is 7.09. The third kappa shape index (κ3) is 5.90. The van der Waals surface area contributed by atoms with E-state index in [1.54, 1.807) is 5.38 Å². The molecule has 0 aliphatic carbocycles. The van der Waals surface area contributed by atoms with Gasteiger partial charge in [0.2, 0.25) is 5.91 Å². The van der Waals surface area contributed by atoms with Crippen LogP contribution in [0.3, 0.4) is 0 Å². The summed E-state index contributed by atoms with van der Waals surface area (Å²) < 4.78 is 6.09. The van der Waals surface area contributed by atoms with Crippen LogP contribution >= 0.6 is 11.3 Å². The van der Waals surface area contributed by atoms with Gasteiger partial charge in [0.15, 0.2) is 0 Å². The van der Waals surface area contributed by atoms with Gasteiger partial charge in [0, 0.05) is 24.4 Å². The Balaban J connectivity index is 1.53. The first-order valence-corrected chi connectivity index (χ1v) is 13.0. The second kappa shape index (κ2) is 11.0. The quantitative estimate of drug-likeness (QED) is 0.468. The van der Waals surface area contributed by atoms with Gasteiger partial charge in [0.1, 0.15) is 23.1 Å². The highest BCUT2D eigenvalue weighted by Crippen LogP contribution is 2.38. The van der Waals surface area contributed by atoms with Crippen molar-refractivity contribution < 1.29 is 14.3 Å². The SMILES string of the molecule is CC(C)CNC(=O)c1csc(COc2ccc3c(c2)[C@H](c2ccccc2)N(C(=O)C(C)C)CC3)n1. The Bertz CT molecular complexity index is 1170. The molecule has 184 valence electrons. The molecule has 2 aromatic carbocycles. The molecule has 0 spiro atoms. The third-order valence-corrected chi connectivity index (χ3v) is 6.88. The summed E-state index contributed by atoms with van der Waals surface area (Å²) >= 11 is 1.42. The van der Waals surface area contributed by atoms with Crippen LogP contribution in [0, 0.1) is 11.8 Å². The van der Waals surface area contributed by atoms with Gasteiger partial charge >= 0.3 is 0 Å². The van der Waals surface area contributed by atoms with E-state index in [9.17, 15) is 9.59 Å². The topological polar surface area (TPSA) is 71.5 Å². The van der Waals surface area contributed by atoms with E-state index in [2.05, 4.69) is 48.4 Å². The first-order chi connectivity index (χ1) is 16.8. The van der Waals surface area contributed by atoms with Gasteiger partial charge in [-0.05, 0) is 41.2 Å². The number of benzene rings is 2. The molecule has 0 saturated heterocycles. The van der Waals surface area contributed by atoms with Crippen LogP contribution in [0.15, 0.2) is 53.9 Å². The molecule has 0 bridgehead atoms. The standard InChI is InChI=1S/C28H33N3O3S/c1-18(2)15-29-27(32)24-17-35-25(30-24)16-34-22-11-10-20-12-13-31(28(33)19(3)4)26(23(20)14-22)21-8-6-5-7-9-21/h5-11,14,17-19,26H,12-13,15-16H2,1-4H3,(H,29,32)/t26-/m0/s1. The van der Waals surface area contributed by atoms with Crippen molar-refractivity contribution in [3.63, 3.8) is 0 Å². The van der Waals surface area contributed by atoms with Crippen LogP contribution in [-0.4, -0.2) is 34.8 Å². The van der Waals surface area contributed by atoms with E-state index in [1.807, 2.05) is 43.0 Å². The number of nitrogens with one attached hydrogen (secondary N) is 1. The second-order valence-electron chi connectivity index (χ2n) is 9.63. The van der Waals surface area contributed by atoms with Gasteiger partial charge in [-0.15, -0.1) is 11.3 Å². The second-order valence-corrected chi connectivity index (χ2v) is 10.6. The molecule has 6 nitrogen and oxygen atoms in total. The van der Waals surface area contributed by atoms with Gasteiger partial charge in [-0.2, -0.15) is 0 Å². The predicted octanol–water partition coefficient (Wildman–Crippen LogP) is 5.24. The molecule has 3 aromatic rings. The van der Waals surface area contributed by atoms with E-state index < -0.39 is 0 Å².